The molecule has 0 N–H and O–H groups in total. The van der Waals surface area contributed by atoms with Crippen LogP contribution < -0.4 is 5.56 Å². The smallest absolute Gasteiger partial charge is 0.284 e. The number of halogens is 1. The van der Waals surface area contributed by atoms with Crippen LogP contribution >= 0.6 is 11.6 Å². The molecule has 0 bridgehead atoms. The molecule has 27 heavy (non-hydrogen) atoms. The highest BCUT2D eigenvalue weighted by molar-refractivity contribution is 6.30. The van der Waals surface area contributed by atoms with Crippen molar-refractivity contribution in [3.8, 4) is 5.69 Å². The van der Waals surface area contributed by atoms with Gasteiger partial charge in [0.25, 0.3) is 5.56 Å². The zero-order chi connectivity index (χ0) is 19.0. The van der Waals surface area contributed by atoms with Gasteiger partial charge in [-0.25, -0.2) is 4.98 Å². The molecule has 1 aliphatic rings. The summed E-state index contributed by atoms with van der Waals surface area (Å²) in [4.78, 5) is 31.3. The Morgan fingerprint density at radius 1 is 1.30 bits per heavy atom. The Bertz CT molecular complexity index is 1050. The minimum atomic E-state index is -0.382. The maximum Gasteiger partial charge on any atom is 0.284 e. The summed E-state index contributed by atoms with van der Waals surface area (Å²) in [5.74, 6) is 0.559. The number of hydrogen-bond acceptors (Lipinski definition) is 5. The number of aromatic nitrogens is 5. The van der Waals surface area contributed by atoms with Gasteiger partial charge in [-0.05, 0) is 37.0 Å². The third-order valence-corrected chi connectivity index (χ3v) is 5.16. The summed E-state index contributed by atoms with van der Waals surface area (Å²) in [6.45, 7) is 3.61. The highest BCUT2D eigenvalue weighted by Crippen LogP contribution is 2.17. The molecule has 9 heteroatoms. The van der Waals surface area contributed by atoms with Crippen LogP contribution in [0, 0.1) is 5.92 Å². The zero-order valence-electron chi connectivity index (χ0n) is 14.9. The van der Waals surface area contributed by atoms with Gasteiger partial charge in [0.15, 0.2) is 11.2 Å². The number of amides is 1. The molecule has 0 aliphatic carbocycles. The molecule has 1 fully saturated rings. The Kier molecular flexibility index (Phi) is 4.65. The second kappa shape index (κ2) is 7.11. The Morgan fingerprint density at radius 3 is 2.81 bits per heavy atom. The third-order valence-electron chi connectivity index (χ3n) is 4.92. The lowest BCUT2D eigenvalue weighted by Gasteiger charge is -2.30. The largest absolute Gasteiger partial charge is 0.341 e. The number of fused-ring (bicyclic) bond motifs is 1. The van der Waals surface area contributed by atoms with Gasteiger partial charge in [-0.1, -0.05) is 29.8 Å². The van der Waals surface area contributed by atoms with Crippen LogP contribution in [-0.2, 0) is 11.3 Å². The van der Waals surface area contributed by atoms with Gasteiger partial charge in [0, 0.05) is 18.1 Å². The summed E-state index contributed by atoms with van der Waals surface area (Å²) in [5, 5.41) is 8.53. The predicted molar refractivity (Wildman–Crippen MR) is 101 cm³/mol. The highest BCUT2D eigenvalue weighted by Gasteiger charge is 2.21. The summed E-state index contributed by atoms with van der Waals surface area (Å²) in [7, 11) is 0. The lowest BCUT2D eigenvalue weighted by Crippen LogP contribution is -2.41. The molecule has 0 spiro atoms. The second-order valence-corrected chi connectivity index (χ2v) is 7.33. The standard InChI is InChI=1S/C18H19ClN6O2/c1-12-5-7-23(8-6-12)15(26)10-24-11-20-17-16(18(24)27)21-22-25(17)14-4-2-3-13(19)9-14/h2-4,9,11-12H,5-8,10H2,1H3. The molecule has 1 saturated heterocycles. The molecule has 0 radical (unpaired) electrons. The van der Waals surface area contributed by atoms with Gasteiger partial charge in [-0.15, -0.1) is 5.10 Å². The molecule has 8 nitrogen and oxygen atoms in total. The van der Waals surface area contributed by atoms with Crippen LogP contribution in [0.2, 0.25) is 5.02 Å². The number of hydrogen-bond donors (Lipinski definition) is 0. The van der Waals surface area contributed by atoms with Crippen molar-refractivity contribution < 1.29 is 4.79 Å². The Labute approximate surface area is 160 Å². The van der Waals surface area contributed by atoms with Crippen molar-refractivity contribution >= 4 is 28.7 Å². The summed E-state index contributed by atoms with van der Waals surface area (Å²) in [6, 6.07) is 7.04. The SMILES string of the molecule is CC1CCN(C(=O)Cn2cnc3c(nnn3-c3cccc(Cl)c3)c2=O)CC1. The van der Waals surface area contributed by atoms with Crippen molar-refractivity contribution in [1.29, 1.82) is 0 Å². The van der Waals surface area contributed by atoms with Gasteiger partial charge in [0.1, 0.15) is 12.9 Å². The van der Waals surface area contributed by atoms with E-state index in [1.54, 1.807) is 29.2 Å². The predicted octanol–water partition coefficient (Wildman–Crippen LogP) is 1.89. The van der Waals surface area contributed by atoms with Crippen LogP contribution in [0.25, 0.3) is 16.9 Å². The summed E-state index contributed by atoms with van der Waals surface area (Å²) in [6.07, 6.45) is 3.36. The van der Waals surface area contributed by atoms with Crippen LogP contribution in [0.15, 0.2) is 35.4 Å². The van der Waals surface area contributed by atoms with Gasteiger partial charge >= 0.3 is 0 Å². The molecule has 4 rings (SSSR count). The summed E-state index contributed by atoms with van der Waals surface area (Å²) >= 11 is 6.02. The molecule has 140 valence electrons. The fourth-order valence-corrected chi connectivity index (χ4v) is 3.43. The van der Waals surface area contributed by atoms with Crippen molar-refractivity contribution in [2.24, 2.45) is 5.92 Å². The van der Waals surface area contributed by atoms with Crippen LogP contribution in [-0.4, -0.2) is 48.4 Å². The lowest BCUT2D eigenvalue weighted by atomic mass is 9.99. The average molecular weight is 387 g/mol. The number of piperidine rings is 1. The van der Waals surface area contributed by atoms with E-state index in [9.17, 15) is 9.59 Å². The van der Waals surface area contributed by atoms with E-state index in [0.29, 0.717) is 22.3 Å². The Hall–Kier alpha value is -2.74. The highest BCUT2D eigenvalue weighted by atomic mass is 35.5. The topological polar surface area (TPSA) is 85.9 Å². The number of rotatable bonds is 3. The van der Waals surface area contributed by atoms with Crippen LogP contribution in [0.4, 0.5) is 0 Å². The Balaban J connectivity index is 1.62. The lowest BCUT2D eigenvalue weighted by molar-refractivity contribution is -0.133. The van der Waals surface area contributed by atoms with E-state index in [0.717, 1.165) is 25.9 Å². The normalized spacial score (nSPS) is 15.4. The molecule has 0 unspecified atom stereocenters. The van der Waals surface area contributed by atoms with Crippen molar-refractivity contribution in [2.75, 3.05) is 13.1 Å². The maximum absolute atomic E-state index is 12.7. The zero-order valence-corrected chi connectivity index (χ0v) is 15.6. The minimum Gasteiger partial charge on any atom is -0.341 e. The van der Waals surface area contributed by atoms with Crippen molar-refractivity contribution in [3.05, 3.63) is 46.0 Å². The van der Waals surface area contributed by atoms with Gasteiger partial charge in [0.05, 0.1) is 5.69 Å². The molecule has 1 aliphatic heterocycles. The first-order valence-corrected chi connectivity index (χ1v) is 9.25. The first-order valence-electron chi connectivity index (χ1n) is 8.87. The monoisotopic (exact) mass is 386 g/mol. The summed E-state index contributed by atoms with van der Waals surface area (Å²) in [5.41, 5.74) is 0.732. The van der Waals surface area contributed by atoms with Gasteiger partial charge in [-0.3, -0.25) is 14.2 Å². The first kappa shape index (κ1) is 17.7. The molecule has 1 amide bonds. The molecule has 0 saturated carbocycles. The van der Waals surface area contributed by atoms with Gasteiger partial charge in [0.2, 0.25) is 5.91 Å². The van der Waals surface area contributed by atoms with Crippen LogP contribution in [0.5, 0.6) is 0 Å². The van der Waals surface area contributed by atoms with E-state index in [2.05, 4.69) is 22.2 Å². The van der Waals surface area contributed by atoms with E-state index < -0.39 is 0 Å². The van der Waals surface area contributed by atoms with Crippen molar-refractivity contribution in [2.45, 2.75) is 26.3 Å². The fourth-order valence-electron chi connectivity index (χ4n) is 3.24. The first-order chi connectivity index (χ1) is 13.0. The maximum atomic E-state index is 12.7. The van der Waals surface area contributed by atoms with E-state index in [4.69, 9.17) is 11.6 Å². The number of nitrogens with zero attached hydrogens (tertiary/aromatic N) is 6. The summed E-state index contributed by atoms with van der Waals surface area (Å²) < 4.78 is 2.75. The molecule has 0 atom stereocenters. The van der Waals surface area contributed by atoms with E-state index in [1.165, 1.54) is 15.6 Å². The fraction of sp³-hybridized carbons (Fsp3) is 0.389. The number of benzene rings is 1. The third kappa shape index (κ3) is 3.44. The van der Waals surface area contributed by atoms with Crippen LogP contribution in [0.1, 0.15) is 19.8 Å². The van der Waals surface area contributed by atoms with Gasteiger partial charge in [-0.2, -0.15) is 4.68 Å². The van der Waals surface area contributed by atoms with Crippen molar-refractivity contribution in [3.63, 3.8) is 0 Å². The van der Waals surface area contributed by atoms with E-state index in [-0.39, 0.29) is 23.5 Å². The van der Waals surface area contributed by atoms with Crippen molar-refractivity contribution in [1.82, 2.24) is 29.4 Å². The molecular formula is C18H19ClN6O2. The number of likely N-dealkylation sites (tertiary alicyclic amines) is 1. The number of carbonyl (C=O) groups excluding carboxylic acids is 1. The molecule has 3 aromatic rings. The minimum absolute atomic E-state index is 0.0415. The van der Waals surface area contributed by atoms with E-state index >= 15 is 0 Å². The average Bonchev–Trinajstić information content (AvgIpc) is 3.09. The molecule has 2 aromatic heterocycles. The van der Waals surface area contributed by atoms with Gasteiger partial charge < -0.3 is 4.90 Å². The Morgan fingerprint density at radius 2 is 2.07 bits per heavy atom. The molecule has 1 aromatic carbocycles. The number of carbonyl (C=O) groups is 1. The second-order valence-electron chi connectivity index (χ2n) is 6.89. The molecular weight excluding hydrogens is 368 g/mol. The molecule has 3 heterocycles. The van der Waals surface area contributed by atoms with E-state index in [1.807, 2.05) is 0 Å². The quantitative estimate of drug-likeness (QED) is 0.686. The van der Waals surface area contributed by atoms with Crippen LogP contribution in [0.3, 0.4) is 0 Å².